The minimum Gasteiger partial charge on any atom is -0.221 e. The van der Waals surface area contributed by atoms with Gasteiger partial charge in [-0.25, -0.2) is 4.68 Å². The number of rotatable bonds is 3. The van der Waals surface area contributed by atoms with Crippen LogP contribution in [0.5, 0.6) is 0 Å². The number of thioether (sulfide) groups is 1. The first-order valence-electron chi connectivity index (χ1n) is 3.21. The summed E-state index contributed by atoms with van der Waals surface area (Å²) in [7, 11) is 0. The van der Waals surface area contributed by atoms with Crippen molar-refractivity contribution in [3.8, 4) is 12.3 Å². The third-order valence-electron chi connectivity index (χ3n) is 1.08. The molecular weight excluding hydrogens is 160 g/mol. The van der Waals surface area contributed by atoms with Gasteiger partial charge >= 0.3 is 0 Å². The number of hydrogen-bond donors (Lipinski definition) is 0. The summed E-state index contributed by atoms with van der Waals surface area (Å²) in [6.07, 6.45) is 5.09. The van der Waals surface area contributed by atoms with Gasteiger partial charge in [-0.1, -0.05) is 17.7 Å². The maximum absolute atomic E-state index is 5.09. The van der Waals surface area contributed by atoms with Crippen LogP contribution in [0.1, 0.15) is 6.92 Å². The van der Waals surface area contributed by atoms with Gasteiger partial charge in [0.05, 0.1) is 5.75 Å². The van der Waals surface area contributed by atoms with Gasteiger partial charge in [0, 0.05) is 6.54 Å². The Morgan fingerprint density at radius 3 is 3.18 bits per heavy atom. The van der Waals surface area contributed by atoms with E-state index in [0.29, 0.717) is 5.75 Å². The second kappa shape index (κ2) is 3.98. The van der Waals surface area contributed by atoms with E-state index < -0.39 is 0 Å². The Balaban J connectivity index is 2.62. The average Bonchev–Trinajstić information content (AvgIpc) is 2.47. The van der Waals surface area contributed by atoms with Gasteiger partial charge in [-0.3, -0.25) is 0 Å². The highest BCUT2D eigenvalue weighted by molar-refractivity contribution is 7.99. The van der Waals surface area contributed by atoms with E-state index in [-0.39, 0.29) is 0 Å². The Morgan fingerprint density at radius 2 is 2.55 bits per heavy atom. The number of tetrazole rings is 1. The largest absolute Gasteiger partial charge is 0.221 e. The van der Waals surface area contributed by atoms with E-state index in [1.807, 2.05) is 6.92 Å². The van der Waals surface area contributed by atoms with Crippen molar-refractivity contribution in [3.05, 3.63) is 0 Å². The normalized spacial score (nSPS) is 9.45. The van der Waals surface area contributed by atoms with Crippen molar-refractivity contribution in [1.82, 2.24) is 20.2 Å². The van der Waals surface area contributed by atoms with Crippen molar-refractivity contribution in [3.63, 3.8) is 0 Å². The number of nitrogens with zero attached hydrogens (tertiary/aromatic N) is 4. The summed E-state index contributed by atoms with van der Waals surface area (Å²) < 4.78 is 1.71. The van der Waals surface area contributed by atoms with Crippen molar-refractivity contribution >= 4 is 11.8 Å². The summed E-state index contributed by atoms with van der Waals surface area (Å²) in [6, 6.07) is 0. The molecule has 0 N–H and O–H groups in total. The standard InChI is InChI=1S/C6H8N4S/c1-3-5-11-6-7-8-9-10(6)4-2/h1H,4-5H2,2H3. The van der Waals surface area contributed by atoms with E-state index in [4.69, 9.17) is 6.42 Å². The molecule has 1 aromatic heterocycles. The number of terminal acetylenes is 1. The quantitative estimate of drug-likeness (QED) is 0.484. The van der Waals surface area contributed by atoms with E-state index >= 15 is 0 Å². The van der Waals surface area contributed by atoms with Gasteiger partial charge in [0.15, 0.2) is 0 Å². The van der Waals surface area contributed by atoms with Crippen molar-refractivity contribution < 1.29 is 0 Å². The second-order valence-electron chi connectivity index (χ2n) is 1.77. The van der Waals surface area contributed by atoms with Gasteiger partial charge in [-0.05, 0) is 17.4 Å². The molecule has 0 aliphatic carbocycles. The lowest BCUT2D eigenvalue weighted by Crippen LogP contribution is -1.98. The lowest BCUT2D eigenvalue weighted by atomic mass is 10.8. The molecule has 1 rings (SSSR count). The van der Waals surface area contributed by atoms with Crippen LogP contribution in [-0.2, 0) is 6.54 Å². The van der Waals surface area contributed by atoms with Crippen molar-refractivity contribution in [1.29, 1.82) is 0 Å². The van der Waals surface area contributed by atoms with Crippen molar-refractivity contribution in [2.75, 3.05) is 5.75 Å². The Kier molecular flexibility index (Phi) is 2.93. The lowest BCUT2D eigenvalue weighted by molar-refractivity contribution is 0.581. The molecule has 11 heavy (non-hydrogen) atoms. The molecule has 0 atom stereocenters. The second-order valence-corrected chi connectivity index (χ2v) is 2.71. The van der Waals surface area contributed by atoms with E-state index in [1.54, 1.807) is 4.68 Å². The van der Waals surface area contributed by atoms with Crippen LogP contribution in [0.3, 0.4) is 0 Å². The molecule has 0 fully saturated rings. The fourth-order valence-corrected chi connectivity index (χ4v) is 1.23. The molecule has 0 aliphatic rings. The molecule has 0 bridgehead atoms. The topological polar surface area (TPSA) is 43.6 Å². The molecule has 0 spiro atoms. The average molecular weight is 168 g/mol. The Bertz CT molecular complexity index is 262. The fourth-order valence-electron chi connectivity index (χ4n) is 0.605. The summed E-state index contributed by atoms with van der Waals surface area (Å²) in [5.41, 5.74) is 0. The first kappa shape index (κ1) is 8.08. The summed E-state index contributed by atoms with van der Waals surface area (Å²) in [6.45, 7) is 2.76. The predicted octanol–water partition coefficient (Wildman–Crippen LogP) is 0.418. The highest BCUT2D eigenvalue weighted by Gasteiger charge is 2.01. The van der Waals surface area contributed by atoms with Gasteiger partial charge in [-0.2, -0.15) is 0 Å². The highest BCUT2D eigenvalue weighted by Crippen LogP contribution is 2.11. The molecule has 0 aliphatic heterocycles. The van der Waals surface area contributed by atoms with Crippen molar-refractivity contribution in [2.45, 2.75) is 18.6 Å². The van der Waals surface area contributed by atoms with Crippen LogP contribution in [0.25, 0.3) is 0 Å². The smallest absolute Gasteiger partial charge is 0.210 e. The van der Waals surface area contributed by atoms with E-state index in [1.165, 1.54) is 11.8 Å². The van der Waals surface area contributed by atoms with Crippen LogP contribution in [0, 0.1) is 12.3 Å². The molecule has 0 aromatic carbocycles. The van der Waals surface area contributed by atoms with Crippen LogP contribution in [0.2, 0.25) is 0 Å². The summed E-state index contributed by atoms with van der Waals surface area (Å²) >= 11 is 1.47. The zero-order chi connectivity index (χ0) is 8.10. The summed E-state index contributed by atoms with van der Waals surface area (Å²) in [5, 5.41) is 11.8. The maximum atomic E-state index is 5.09. The Labute approximate surface area is 69.4 Å². The van der Waals surface area contributed by atoms with Crippen LogP contribution < -0.4 is 0 Å². The van der Waals surface area contributed by atoms with Gasteiger partial charge in [0.2, 0.25) is 5.16 Å². The van der Waals surface area contributed by atoms with E-state index in [9.17, 15) is 0 Å². The molecule has 0 amide bonds. The SMILES string of the molecule is C#CCSc1nnnn1CC. The monoisotopic (exact) mass is 168 g/mol. The zero-order valence-corrected chi connectivity index (χ0v) is 7.01. The third kappa shape index (κ3) is 1.95. The molecule has 0 unspecified atom stereocenters. The summed E-state index contributed by atoms with van der Waals surface area (Å²) in [4.78, 5) is 0. The van der Waals surface area contributed by atoms with Crippen molar-refractivity contribution in [2.24, 2.45) is 0 Å². The van der Waals surface area contributed by atoms with Gasteiger partial charge in [0.1, 0.15) is 0 Å². The number of aryl methyl sites for hydroxylation is 1. The Morgan fingerprint density at radius 1 is 1.73 bits per heavy atom. The van der Waals surface area contributed by atoms with Crippen LogP contribution >= 0.6 is 11.8 Å². The summed E-state index contributed by atoms with van der Waals surface area (Å²) in [5.74, 6) is 3.12. The third-order valence-corrected chi connectivity index (χ3v) is 1.94. The molecule has 1 aromatic rings. The zero-order valence-electron chi connectivity index (χ0n) is 6.19. The predicted molar refractivity (Wildman–Crippen MR) is 43.0 cm³/mol. The minimum atomic E-state index is 0.611. The number of aromatic nitrogens is 4. The molecule has 5 heteroatoms. The lowest BCUT2D eigenvalue weighted by Gasteiger charge is -1.95. The highest BCUT2D eigenvalue weighted by atomic mass is 32.2. The van der Waals surface area contributed by atoms with Crippen LogP contribution in [0.15, 0.2) is 5.16 Å². The maximum Gasteiger partial charge on any atom is 0.210 e. The fraction of sp³-hybridized carbons (Fsp3) is 0.500. The molecule has 0 saturated carbocycles. The van der Waals surface area contributed by atoms with Crippen LogP contribution in [0.4, 0.5) is 0 Å². The van der Waals surface area contributed by atoms with Gasteiger partial charge in [-0.15, -0.1) is 11.5 Å². The molecule has 4 nitrogen and oxygen atoms in total. The molecule has 0 saturated heterocycles. The Hall–Kier alpha value is -1.02. The first-order chi connectivity index (χ1) is 5.38. The molecular formula is C6H8N4S. The van der Waals surface area contributed by atoms with Crippen LogP contribution in [-0.4, -0.2) is 26.0 Å². The molecule has 1 heterocycles. The van der Waals surface area contributed by atoms with Gasteiger partial charge < -0.3 is 0 Å². The number of hydrogen-bond acceptors (Lipinski definition) is 4. The van der Waals surface area contributed by atoms with E-state index in [2.05, 4.69) is 21.4 Å². The molecule has 58 valence electrons. The van der Waals surface area contributed by atoms with E-state index in [0.717, 1.165) is 11.7 Å². The van der Waals surface area contributed by atoms with Gasteiger partial charge in [0.25, 0.3) is 0 Å². The minimum absolute atomic E-state index is 0.611. The molecule has 0 radical (unpaired) electrons. The first-order valence-corrected chi connectivity index (χ1v) is 4.19.